The van der Waals surface area contributed by atoms with E-state index in [1.54, 1.807) is 22.3 Å². The van der Waals surface area contributed by atoms with Gasteiger partial charge < -0.3 is 14.2 Å². The first kappa shape index (κ1) is 15.4. The molecule has 2 saturated heterocycles. The van der Waals surface area contributed by atoms with Gasteiger partial charge in [-0.3, -0.25) is 9.59 Å². The number of amides is 2. The van der Waals surface area contributed by atoms with Gasteiger partial charge >= 0.3 is 0 Å². The third-order valence-electron chi connectivity index (χ3n) is 4.93. The van der Waals surface area contributed by atoms with E-state index in [-0.39, 0.29) is 23.9 Å². The fraction of sp³-hybridized carbons (Fsp3) is 0.471. The Bertz CT molecular complexity index is 797. The Kier molecular flexibility index (Phi) is 3.68. The van der Waals surface area contributed by atoms with Crippen molar-refractivity contribution in [1.29, 1.82) is 0 Å². The second-order valence-corrected chi connectivity index (χ2v) is 7.50. The van der Waals surface area contributed by atoms with Crippen LogP contribution in [0.15, 0.2) is 22.1 Å². The second kappa shape index (κ2) is 5.73. The second-order valence-electron chi connectivity index (χ2n) is 6.44. The fourth-order valence-corrected chi connectivity index (χ4v) is 4.37. The van der Waals surface area contributed by atoms with Gasteiger partial charge in [0.15, 0.2) is 5.76 Å². The number of likely N-dealkylation sites (tertiary alicyclic amines) is 2. The van der Waals surface area contributed by atoms with Crippen LogP contribution in [0.25, 0.3) is 0 Å². The lowest BCUT2D eigenvalue weighted by atomic mass is 10.1. The van der Waals surface area contributed by atoms with Crippen LogP contribution in [-0.4, -0.2) is 45.2 Å². The Labute approximate surface area is 144 Å². The van der Waals surface area contributed by atoms with Crippen molar-refractivity contribution in [2.24, 2.45) is 0 Å². The molecule has 2 aromatic heterocycles. The summed E-state index contributed by atoms with van der Waals surface area (Å²) in [6.07, 6.45) is 2.73. The molecule has 0 unspecified atom stereocenters. The molecule has 2 aromatic rings. The lowest BCUT2D eigenvalue weighted by Gasteiger charge is -2.24. The number of furan rings is 1. The lowest BCUT2D eigenvalue weighted by Crippen LogP contribution is -2.39. The number of carbonyl (C=O) groups is 2. The summed E-state index contributed by atoms with van der Waals surface area (Å²) in [5.74, 6) is 0.380. The molecule has 0 N–H and O–H groups in total. The largest absolute Gasteiger partial charge is 0.459 e. The van der Waals surface area contributed by atoms with Crippen LogP contribution in [0.1, 0.15) is 39.7 Å². The molecule has 0 aliphatic carbocycles. The molecule has 2 amide bonds. The number of hydrogen-bond donors (Lipinski definition) is 0. The molecule has 126 valence electrons. The van der Waals surface area contributed by atoms with E-state index in [2.05, 4.69) is 4.98 Å². The zero-order valence-electron chi connectivity index (χ0n) is 13.7. The zero-order chi connectivity index (χ0) is 16.8. The van der Waals surface area contributed by atoms with Crippen LogP contribution in [0.4, 0.5) is 0 Å². The van der Waals surface area contributed by atoms with Gasteiger partial charge in [-0.15, -0.1) is 11.3 Å². The fourth-order valence-electron chi connectivity index (χ4n) is 3.76. The summed E-state index contributed by atoms with van der Waals surface area (Å²) in [6.45, 7) is 5.02. The van der Waals surface area contributed by atoms with Crippen LogP contribution in [0, 0.1) is 13.8 Å². The van der Waals surface area contributed by atoms with Gasteiger partial charge in [0.1, 0.15) is 0 Å². The van der Waals surface area contributed by atoms with Gasteiger partial charge in [-0.1, -0.05) is 0 Å². The van der Waals surface area contributed by atoms with E-state index in [9.17, 15) is 9.59 Å². The van der Waals surface area contributed by atoms with E-state index in [0.717, 1.165) is 22.7 Å². The highest BCUT2D eigenvalue weighted by atomic mass is 32.1. The highest BCUT2D eigenvalue weighted by Crippen LogP contribution is 2.34. The lowest BCUT2D eigenvalue weighted by molar-refractivity contribution is -0.129. The van der Waals surface area contributed by atoms with Crippen molar-refractivity contribution < 1.29 is 14.0 Å². The topological polar surface area (TPSA) is 66.7 Å². The van der Waals surface area contributed by atoms with Gasteiger partial charge in [0.05, 0.1) is 35.6 Å². The molecule has 2 aliphatic heterocycles. The molecule has 2 fully saturated rings. The molecule has 0 bridgehead atoms. The van der Waals surface area contributed by atoms with E-state index in [1.807, 2.05) is 24.1 Å². The molecular formula is C17H19N3O3S. The third kappa shape index (κ3) is 2.43. The van der Waals surface area contributed by atoms with Crippen molar-refractivity contribution in [1.82, 2.24) is 14.8 Å². The van der Waals surface area contributed by atoms with Crippen molar-refractivity contribution in [3.63, 3.8) is 0 Å². The summed E-state index contributed by atoms with van der Waals surface area (Å²) < 4.78 is 5.34. The number of nitrogens with zero attached hydrogens (tertiary/aromatic N) is 3. The molecule has 0 aromatic carbocycles. The number of hydrogen-bond acceptors (Lipinski definition) is 5. The Morgan fingerprint density at radius 1 is 1.42 bits per heavy atom. The SMILES string of the molecule is Cc1nc(CN2C(=O)C[C@H]3[C@H]2CCN3C(=O)c2occc2C)cs1. The summed E-state index contributed by atoms with van der Waals surface area (Å²) in [5.41, 5.74) is 1.76. The highest BCUT2D eigenvalue weighted by Gasteiger charge is 2.48. The predicted molar refractivity (Wildman–Crippen MR) is 88.7 cm³/mol. The first-order valence-electron chi connectivity index (χ1n) is 8.10. The van der Waals surface area contributed by atoms with Gasteiger partial charge in [0, 0.05) is 23.9 Å². The molecule has 2 aliphatic rings. The molecule has 4 rings (SSSR count). The summed E-state index contributed by atoms with van der Waals surface area (Å²) in [6, 6.07) is 1.81. The van der Waals surface area contributed by atoms with Gasteiger partial charge in [0.25, 0.3) is 5.91 Å². The maximum Gasteiger partial charge on any atom is 0.290 e. The van der Waals surface area contributed by atoms with Crippen LogP contribution in [0.3, 0.4) is 0 Å². The van der Waals surface area contributed by atoms with Crippen molar-refractivity contribution >= 4 is 23.2 Å². The number of carbonyl (C=O) groups excluding carboxylic acids is 2. The zero-order valence-corrected chi connectivity index (χ0v) is 14.5. The minimum absolute atomic E-state index is 0.0609. The molecule has 24 heavy (non-hydrogen) atoms. The molecule has 7 heteroatoms. The van der Waals surface area contributed by atoms with Crippen molar-refractivity contribution in [3.8, 4) is 0 Å². The monoisotopic (exact) mass is 345 g/mol. The molecule has 2 atom stereocenters. The minimum atomic E-state index is -0.107. The van der Waals surface area contributed by atoms with Crippen LogP contribution in [0.2, 0.25) is 0 Å². The number of thiazole rings is 1. The first-order chi connectivity index (χ1) is 11.5. The van der Waals surface area contributed by atoms with E-state index in [1.165, 1.54) is 6.26 Å². The van der Waals surface area contributed by atoms with E-state index < -0.39 is 0 Å². The average Bonchev–Trinajstić information content (AvgIpc) is 3.28. The Balaban J connectivity index is 1.53. The van der Waals surface area contributed by atoms with Crippen molar-refractivity contribution in [3.05, 3.63) is 39.7 Å². The smallest absolute Gasteiger partial charge is 0.290 e. The van der Waals surface area contributed by atoms with Gasteiger partial charge in [-0.25, -0.2) is 4.98 Å². The molecule has 6 nitrogen and oxygen atoms in total. The maximum absolute atomic E-state index is 12.7. The first-order valence-corrected chi connectivity index (χ1v) is 8.98. The van der Waals surface area contributed by atoms with Gasteiger partial charge in [0.2, 0.25) is 5.91 Å². The van der Waals surface area contributed by atoms with Gasteiger partial charge in [-0.05, 0) is 26.3 Å². The van der Waals surface area contributed by atoms with Crippen LogP contribution >= 0.6 is 11.3 Å². The van der Waals surface area contributed by atoms with E-state index >= 15 is 0 Å². The summed E-state index contributed by atoms with van der Waals surface area (Å²) in [7, 11) is 0. The van der Waals surface area contributed by atoms with Crippen molar-refractivity contribution in [2.45, 2.75) is 45.3 Å². The Hall–Kier alpha value is -2.15. The Morgan fingerprint density at radius 3 is 2.92 bits per heavy atom. The summed E-state index contributed by atoms with van der Waals surface area (Å²) in [5, 5.41) is 3.00. The van der Waals surface area contributed by atoms with E-state index in [0.29, 0.717) is 25.3 Å². The van der Waals surface area contributed by atoms with Gasteiger partial charge in [-0.2, -0.15) is 0 Å². The van der Waals surface area contributed by atoms with Crippen LogP contribution < -0.4 is 0 Å². The Morgan fingerprint density at radius 2 is 2.25 bits per heavy atom. The molecule has 0 saturated carbocycles. The minimum Gasteiger partial charge on any atom is -0.459 e. The third-order valence-corrected chi connectivity index (χ3v) is 5.75. The highest BCUT2D eigenvalue weighted by molar-refractivity contribution is 7.09. The normalized spacial score (nSPS) is 23.2. The summed E-state index contributed by atoms with van der Waals surface area (Å²) >= 11 is 1.59. The average molecular weight is 345 g/mol. The van der Waals surface area contributed by atoms with Crippen LogP contribution in [0.5, 0.6) is 0 Å². The molecule has 4 heterocycles. The van der Waals surface area contributed by atoms with Crippen LogP contribution in [-0.2, 0) is 11.3 Å². The predicted octanol–water partition coefficient (Wildman–Crippen LogP) is 2.37. The molecule has 0 radical (unpaired) electrons. The quantitative estimate of drug-likeness (QED) is 0.856. The maximum atomic E-state index is 12.7. The number of fused-ring (bicyclic) bond motifs is 1. The standard InChI is InChI=1S/C17H19N3O3S/c1-10-4-6-23-16(10)17(22)19-5-3-13-14(19)7-15(21)20(13)8-12-9-24-11(2)18-12/h4,6,9,13-14H,3,5,7-8H2,1-2H3/t13-,14+/m1/s1. The number of aromatic nitrogens is 1. The number of rotatable bonds is 3. The summed E-state index contributed by atoms with van der Waals surface area (Å²) in [4.78, 5) is 33.4. The van der Waals surface area contributed by atoms with E-state index in [4.69, 9.17) is 4.42 Å². The number of aryl methyl sites for hydroxylation is 2. The molecular weight excluding hydrogens is 326 g/mol. The molecule has 0 spiro atoms. The van der Waals surface area contributed by atoms with Crippen molar-refractivity contribution in [2.75, 3.05) is 6.54 Å².